The van der Waals surface area contributed by atoms with Crippen LogP contribution in [0.1, 0.15) is 31.7 Å². The third-order valence-electron chi connectivity index (χ3n) is 5.54. The van der Waals surface area contributed by atoms with Crippen LogP contribution in [-0.2, 0) is 11.3 Å². The summed E-state index contributed by atoms with van der Waals surface area (Å²) in [6.45, 7) is 8.94. The first-order valence-corrected chi connectivity index (χ1v) is 10.8. The van der Waals surface area contributed by atoms with Crippen molar-refractivity contribution in [3.63, 3.8) is 0 Å². The van der Waals surface area contributed by atoms with Gasteiger partial charge < -0.3 is 15.5 Å². The lowest BCUT2D eigenvalue weighted by molar-refractivity contribution is -0.139. The van der Waals surface area contributed by atoms with E-state index in [0.29, 0.717) is 18.4 Å². The van der Waals surface area contributed by atoms with Crippen molar-refractivity contribution < 1.29 is 4.79 Å². The van der Waals surface area contributed by atoms with Gasteiger partial charge >= 0.3 is 0 Å². The van der Waals surface area contributed by atoms with Crippen molar-refractivity contribution in [3.8, 4) is 0 Å². The van der Waals surface area contributed by atoms with Gasteiger partial charge in [0.25, 0.3) is 0 Å². The fourth-order valence-corrected chi connectivity index (χ4v) is 3.67. The average Bonchev–Trinajstić information content (AvgIpc) is 2.66. The number of halogens is 2. The lowest BCUT2D eigenvalue weighted by Gasteiger charge is -2.38. The van der Waals surface area contributed by atoms with Gasteiger partial charge in [0.1, 0.15) is 0 Å². The number of amides is 1. The first kappa shape index (κ1) is 24.2. The van der Waals surface area contributed by atoms with Crippen LogP contribution in [0.25, 0.3) is 0 Å². The maximum absolute atomic E-state index is 12.3. The van der Waals surface area contributed by atoms with Crippen LogP contribution in [0.5, 0.6) is 0 Å². The molecule has 1 heterocycles. The molecule has 0 atom stereocenters. The first-order valence-electron chi connectivity index (χ1n) is 10.4. The maximum atomic E-state index is 12.3. The Morgan fingerprint density at radius 1 is 1.14 bits per heavy atom. The van der Waals surface area contributed by atoms with Crippen LogP contribution in [0.15, 0.2) is 29.3 Å². The van der Waals surface area contributed by atoms with E-state index in [0.717, 1.165) is 75.2 Å². The molecule has 0 spiro atoms. The van der Waals surface area contributed by atoms with Gasteiger partial charge in [-0.15, -0.1) is 24.0 Å². The Kier molecular flexibility index (Phi) is 10.5. The molecule has 1 aliphatic heterocycles. The number of benzene rings is 1. The monoisotopic (exact) mass is 533 g/mol. The van der Waals surface area contributed by atoms with Crippen LogP contribution in [0.2, 0.25) is 5.02 Å². The molecule has 0 unspecified atom stereocenters. The highest BCUT2D eigenvalue weighted by Crippen LogP contribution is 2.28. The summed E-state index contributed by atoms with van der Waals surface area (Å²) in [7, 11) is 0. The maximum Gasteiger partial charge on any atom is 0.225 e. The van der Waals surface area contributed by atoms with Crippen molar-refractivity contribution in [2.75, 3.05) is 45.8 Å². The molecule has 162 valence electrons. The molecule has 29 heavy (non-hydrogen) atoms. The molecule has 1 saturated heterocycles. The molecule has 0 radical (unpaired) electrons. The van der Waals surface area contributed by atoms with Crippen LogP contribution in [0.4, 0.5) is 0 Å². The highest BCUT2D eigenvalue weighted by Gasteiger charge is 2.30. The molecule has 0 bridgehead atoms. The minimum absolute atomic E-state index is 0. The second kappa shape index (κ2) is 12.6. The van der Waals surface area contributed by atoms with Crippen molar-refractivity contribution in [3.05, 3.63) is 34.9 Å². The molecule has 2 N–H and O–H groups in total. The Morgan fingerprint density at radius 3 is 2.41 bits per heavy atom. The number of hydrogen-bond donors (Lipinski definition) is 2. The third-order valence-corrected chi connectivity index (χ3v) is 5.79. The van der Waals surface area contributed by atoms with E-state index in [-0.39, 0.29) is 24.0 Å². The van der Waals surface area contributed by atoms with Crippen molar-refractivity contribution in [2.24, 2.45) is 10.9 Å². The SMILES string of the molecule is CCNC(=NCc1ccc(Cl)cc1)NCCN1CCN(C(=O)C2CCC2)CC1.I. The smallest absolute Gasteiger partial charge is 0.225 e. The van der Waals surface area contributed by atoms with Gasteiger partial charge in [-0.05, 0) is 37.5 Å². The first-order chi connectivity index (χ1) is 13.7. The molecule has 1 amide bonds. The van der Waals surface area contributed by atoms with Crippen LogP contribution in [0.3, 0.4) is 0 Å². The van der Waals surface area contributed by atoms with Gasteiger partial charge in [0.2, 0.25) is 5.91 Å². The van der Waals surface area contributed by atoms with E-state index in [4.69, 9.17) is 11.6 Å². The quantitative estimate of drug-likeness (QED) is 0.321. The molecule has 1 saturated carbocycles. The Morgan fingerprint density at radius 2 is 1.83 bits per heavy atom. The number of nitrogens with zero attached hydrogens (tertiary/aromatic N) is 3. The number of carbonyl (C=O) groups excluding carboxylic acids is 1. The summed E-state index contributed by atoms with van der Waals surface area (Å²) in [6, 6.07) is 7.78. The second-order valence-electron chi connectivity index (χ2n) is 7.54. The van der Waals surface area contributed by atoms with Gasteiger partial charge in [-0.3, -0.25) is 9.69 Å². The highest BCUT2D eigenvalue weighted by atomic mass is 127. The lowest BCUT2D eigenvalue weighted by Crippen LogP contribution is -2.52. The van der Waals surface area contributed by atoms with Crippen LogP contribution < -0.4 is 10.6 Å². The summed E-state index contributed by atoms with van der Waals surface area (Å²) >= 11 is 5.93. The Hall–Kier alpha value is -1.06. The summed E-state index contributed by atoms with van der Waals surface area (Å²) in [5.41, 5.74) is 1.13. The van der Waals surface area contributed by atoms with Crippen molar-refractivity contribution in [1.82, 2.24) is 20.4 Å². The standard InChI is InChI=1S/C21H32ClN5O.HI/c1-2-23-21(25-16-17-6-8-19(22)9-7-17)24-10-11-26-12-14-27(15-13-26)20(28)18-4-3-5-18;/h6-9,18H,2-5,10-16H2,1H3,(H2,23,24,25);1H. The third kappa shape index (κ3) is 7.61. The minimum Gasteiger partial charge on any atom is -0.357 e. The molecular weight excluding hydrogens is 501 g/mol. The van der Waals surface area contributed by atoms with Gasteiger partial charge in [-0.25, -0.2) is 4.99 Å². The molecule has 0 aromatic heterocycles. The van der Waals surface area contributed by atoms with Gasteiger partial charge in [-0.2, -0.15) is 0 Å². The molecule has 2 aliphatic rings. The molecular formula is C21H33ClIN5O. The fraction of sp³-hybridized carbons (Fsp3) is 0.619. The molecule has 3 rings (SSSR count). The van der Waals surface area contributed by atoms with E-state index < -0.39 is 0 Å². The number of hydrogen-bond acceptors (Lipinski definition) is 3. The largest absolute Gasteiger partial charge is 0.357 e. The topological polar surface area (TPSA) is 60.0 Å². The van der Waals surface area contributed by atoms with E-state index in [9.17, 15) is 4.79 Å². The fourth-order valence-electron chi connectivity index (χ4n) is 3.54. The molecule has 6 nitrogen and oxygen atoms in total. The molecule has 1 aliphatic carbocycles. The Balaban J connectivity index is 0.00000300. The van der Waals surface area contributed by atoms with E-state index in [1.54, 1.807) is 0 Å². The van der Waals surface area contributed by atoms with E-state index in [1.807, 2.05) is 24.3 Å². The van der Waals surface area contributed by atoms with Crippen LogP contribution in [0, 0.1) is 5.92 Å². The van der Waals surface area contributed by atoms with Crippen LogP contribution in [-0.4, -0.2) is 67.5 Å². The number of aliphatic imine (C=N–C) groups is 1. The van der Waals surface area contributed by atoms with Crippen LogP contribution >= 0.6 is 35.6 Å². The van der Waals surface area contributed by atoms with Crippen molar-refractivity contribution in [2.45, 2.75) is 32.7 Å². The van der Waals surface area contributed by atoms with Crippen molar-refractivity contribution in [1.29, 1.82) is 0 Å². The predicted octanol–water partition coefficient (Wildman–Crippen LogP) is 2.96. The zero-order chi connectivity index (χ0) is 19.8. The Bertz CT molecular complexity index is 658. The van der Waals surface area contributed by atoms with Gasteiger partial charge in [0.05, 0.1) is 6.54 Å². The number of carbonyl (C=O) groups is 1. The zero-order valence-electron chi connectivity index (χ0n) is 17.2. The lowest BCUT2D eigenvalue weighted by atomic mass is 9.84. The number of nitrogens with one attached hydrogen (secondary N) is 2. The summed E-state index contributed by atoms with van der Waals surface area (Å²) in [5.74, 6) is 1.52. The number of rotatable bonds is 7. The van der Waals surface area contributed by atoms with E-state index in [1.165, 1.54) is 6.42 Å². The van der Waals surface area contributed by atoms with Gasteiger partial charge in [0, 0.05) is 56.8 Å². The van der Waals surface area contributed by atoms with Gasteiger partial charge in [0.15, 0.2) is 5.96 Å². The minimum atomic E-state index is 0. The number of piperazine rings is 1. The van der Waals surface area contributed by atoms with Crippen molar-refractivity contribution >= 4 is 47.4 Å². The molecule has 1 aromatic carbocycles. The highest BCUT2D eigenvalue weighted by molar-refractivity contribution is 14.0. The second-order valence-corrected chi connectivity index (χ2v) is 7.98. The molecule has 1 aromatic rings. The molecule has 8 heteroatoms. The summed E-state index contributed by atoms with van der Waals surface area (Å²) < 4.78 is 0. The number of guanidine groups is 1. The summed E-state index contributed by atoms with van der Waals surface area (Å²) in [6.07, 6.45) is 3.40. The van der Waals surface area contributed by atoms with E-state index >= 15 is 0 Å². The van der Waals surface area contributed by atoms with Gasteiger partial charge in [-0.1, -0.05) is 30.2 Å². The summed E-state index contributed by atoms with van der Waals surface area (Å²) in [4.78, 5) is 21.5. The predicted molar refractivity (Wildman–Crippen MR) is 130 cm³/mol. The normalized spacial score (nSPS) is 18.0. The zero-order valence-corrected chi connectivity index (χ0v) is 20.3. The molecule has 2 fully saturated rings. The Labute approximate surface area is 196 Å². The van der Waals surface area contributed by atoms with E-state index in [2.05, 4.69) is 32.3 Å². The average molecular weight is 534 g/mol. The summed E-state index contributed by atoms with van der Waals surface area (Å²) in [5, 5.41) is 7.44.